The van der Waals surface area contributed by atoms with Crippen molar-refractivity contribution in [2.24, 2.45) is 5.92 Å². The van der Waals surface area contributed by atoms with Crippen LogP contribution in [0.4, 0.5) is 0 Å². The second-order valence-corrected chi connectivity index (χ2v) is 5.69. The maximum absolute atomic E-state index is 11.8. The molecule has 0 spiro atoms. The monoisotopic (exact) mass is 298 g/mol. The van der Waals surface area contributed by atoms with Crippen molar-refractivity contribution in [3.8, 4) is 0 Å². The van der Waals surface area contributed by atoms with E-state index in [1.165, 1.54) is 11.3 Å². The van der Waals surface area contributed by atoms with E-state index in [-0.39, 0.29) is 17.6 Å². The second-order valence-electron chi connectivity index (χ2n) is 4.76. The minimum atomic E-state index is -1.000. The standard InChI is InChI=1S/C13H18N2O4S/c1-2-19-13(18)9-4-3-5-15(6-9)7-10-11(12(16)17)14-8-20-10/h8-9H,2-7H2,1H3,(H,16,17). The van der Waals surface area contributed by atoms with Gasteiger partial charge in [0.2, 0.25) is 0 Å². The topological polar surface area (TPSA) is 79.7 Å². The number of aromatic nitrogens is 1. The highest BCUT2D eigenvalue weighted by Crippen LogP contribution is 2.22. The quantitative estimate of drug-likeness (QED) is 0.832. The Bertz CT molecular complexity index is 488. The Morgan fingerprint density at radius 1 is 1.60 bits per heavy atom. The van der Waals surface area contributed by atoms with Gasteiger partial charge < -0.3 is 9.84 Å². The van der Waals surface area contributed by atoms with Crippen molar-refractivity contribution in [3.63, 3.8) is 0 Å². The first kappa shape index (κ1) is 14.9. The molecule has 0 aliphatic carbocycles. The first-order valence-electron chi connectivity index (χ1n) is 6.66. The van der Waals surface area contributed by atoms with Crippen molar-refractivity contribution < 1.29 is 19.4 Å². The van der Waals surface area contributed by atoms with Gasteiger partial charge in [-0.15, -0.1) is 11.3 Å². The normalized spacial score (nSPS) is 19.8. The molecule has 1 aromatic rings. The van der Waals surface area contributed by atoms with Crippen molar-refractivity contribution >= 4 is 23.3 Å². The molecule has 110 valence electrons. The van der Waals surface area contributed by atoms with Crippen molar-refractivity contribution in [1.29, 1.82) is 0 Å². The molecule has 2 heterocycles. The van der Waals surface area contributed by atoms with Gasteiger partial charge in [0.15, 0.2) is 5.69 Å². The van der Waals surface area contributed by atoms with E-state index in [1.807, 2.05) is 0 Å². The summed E-state index contributed by atoms with van der Waals surface area (Å²) in [6, 6.07) is 0. The molecule has 1 aromatic heterocycles. The molecule has 1 atom stereocenters. The zero-order valence-electron chi connectivity index (χ0n) is 11.4. The number of rotatable bonds is 5. The van der Waals surface area contributed by atoms with Gasteiger partial charge in [-0.25, -0.2) is 9.78 Å². The fourth-order valence-corrected chi connectivity index (χ4v) is 3.21. The van der Waals surface area contributed by atoms with Gasteiger partial charge >= 0.3 is 11.9 Å². The Balaban J connectivity index is 1.97. The van der Waals surface area contributed by atoms with Crippen LogP contribution in [0.25, 0.3) is 0 Å². The zero-order chi connectivity index (χ0) is 14.5. The number of ether oxygens (including phenoxy) is 1. The van der Waals surface area contributed by atoms with Crippen LogP contribution < -0.4 is 0 Å². The number of carbonyl (C=O) groups excluding carboxylic acids is 1. The summed E-state index contributed by atoms with van der Waals surface area (Å²) in [6.45, 7) is 4.22. The molecule has 7 heteroatoms. The van der Waals surface area contributed by atoms with Gasteiger partial charge in [-0.05, 0) is 26.3 Å². The third kappa shape index (κ3) is 3.55. The fourth-order valence-electron chi connectivity index (χ4n) is 2.41. The number of carbonyl (C=O) groups is 2. The first-order chi connectivity index (χ1) is 9.61. The van der Waals surface area contributed by atoms with E-state index < -0.39 is 5.97 Å². The van der Waals surface area contributed by atoms with E-state index in [0.717, 1.165) is 24.3 Å². The van der Waals surface area contributed by atoms with Crippen LogP contribution in [-0.2, 0) is 16.1 Å². The Morgan fingerprint density at radius 2 is 2.40 bits per heavy atom. The van der Waals surface area contributed by atoms with E-state index in [9.17, 15) is 9.59 Å². The molecule has 1 saturated heterocycles. The number of nitrogens with zero attached hydrogens (tertiary/aromatic N) is 2. The predicted octanol–water partition coefficient (Wildman–Crippen LogP) is 1.62. The molecule has 1 aliphatic heterocycles. The molecular formula is C13H18N2O4S. The van der Waals surface area contributed by atoms with Crippen LogP contribution in [-0.4, -0.2) is 46.6 Å². The van der Waals surface area contributed by atoms with Gasteiger partial charge in [-0.3, -0.25) is 9.69 Å². The average molecular weight is 298 g/mol. The van der Waals surface area contributed by atoms with Crippen molar-refractivity contribution in [2.45, 2.75) is 26.3 Å². The molecule has 2 rings (SSSR count). The highest BCUT2D eigenvalue weighted by Gasteiger charge is 2.28. The summed E-state index contributed by atoms with van der Waals surface area (Å²) >= 11 is 1.34. The van der Waals surface area contributed by atoms with Crippen LogP contribution in [0.3, 0.4) is 0 Å². The van der Waals surface area contributed by atoms with Crippen LogP contribution in [0, 0.1) is 5.92 Å². The van der Waals surface area contributed by atoms with Crippen molar-refractivity contribution in [1.82, 2.24) is 9.88 Å². The molecule has 0 aromatic carbocycles. The summed E-state index contributed by atoms with van der Waals surface area (Å²) in [6.07, 6.45) is 1.76. The molecule has 0 radical (unpaired) electrons. The number of carboxylic acid groups (broad SMARTS) is 1. The van der Waals surface area contributed by atoms with E-state index in [2.05, 4.69) is 9.88 Å². The van der Waals surface area contributed by atoms with Crippen LogP contribution in [0.2, 0.25) is 0 Å². The summed E-state index contributed by atoms with van der Waals surface area (Å²) in [5.74, 6) is -1.26. The van der Waals surface area contributed by atoms with Crippen LogP contribution in [0.5, 0.6) is 0 Å². The molecule has 20 heavy (non-hydrogen) atoms. The predicted molar refractivity (Wildman–Crippen MR) is 73.7 cm³/mol. The minimum absolute atomic E-state index is 0.107. The number of esters is 1. The van der Waals surface area contributed by atoms with Crippen molar-refractivity contribution in [2.75, 3.05) is 19.7 Å². The molecule has 6 nitrogen and oxygen atoms in total. The molecule has 1 N–H and O–H groups in total. The minimum Gasteiger partial charge on any atom is -0.476 e. The number of hydrogen-bond donors (Lipinski definition) is 1. The lowest BCUT2D eigenvalue weighted by Crippen LogP contribution is -2.39. The third-order valence-electron chi connectivity index (χ3n) is 3.34. The molecule has 0 bridgehead atoms. The Kier molecular flexibility index (Phi) is 5.08. The SMILES string of the molecule is CCOC(=O)C1CCCN(Cc2scnc2C(=O)O)C1. The number of aromatic carboxylic acids is 1. The number of thiazole rings is 1. The largest absolute Gasteiger partial charge is 0.476 e. The number of hydrogen-bond acceptors (Lipinski definition) is 6. The lowest BCUT2D eigenvalue weighted by molar-refractivity contribution is -0.150. The molecule has 1 unspecified atom stereocenters. The van der Waals surface area contributed by atoms with Crippen LogP contribution in [0.15, 0.2) is 5.51 Å². The van der Waals surface area contributed by atoms with Crippen LogP contribution in [0.1, 0.15) is 35.1 Å². The van der Waals surface area contributed by atoms with Gasteiger partial charge in [0.25, 0.3) is 0 Å². The number of piperidine rings is 1. The smallest absolute Gasteiger partial charge is 0.355 e. The summed E-state index contributed by atoms with van der Waals surface area (Å²) in [4.78, 5) is 29.5. The number of likely N-dealkylation sites (tertiary alicyclic amines) is 1. The maximum Gasteiger partial charge on any atom is 0.355 e. The molecule has 0 saturated carbocycles. The lowest BCUT2D eigenvalue weighted by atomic mass is 9.98. The Labute approximate surface area is 121 Å². The third-order valence-corrected chi connectivity index (χ3v) is 4.15. The Hall–Kier alpha value is -1.47. The van der Waals surface area contributed by atoms with E-state index in [4.69, 9.17) is 9.84 Å². The molecular weight excluding hydrogens is 280 g/mol. The van der Waals surface area contributed by atoms with E-state index in [1.54, 1.807) is 12.4 Å². The highest BCUT2D eigenvalue weighted by atomic mass is 32.1. The zero-order valence-corrected chi connectivity index (χ0v) is 12.2. The first-order valence-corrected chi connectivity index (χ1v) is 7.54. The second kappa shape index (κ2) is 6.81. The van der Waals surface area contributed by atoms with Crippen LogP contribution >= 0.6 is 11.3 Å². The van der Waals surface area contributed by atoms with Gasteiger partial charge in [-0.2, -0.15) is 0 Å². The van der Waals surface area contributed by atoms with Gasteiger partial charge in [0.1, 0.15) is 0 Å². The number of carboxylic acids is 1. The fraction of sp³-hybridized carbons (Fsp3) is 0.615. The Morgan fingerprint density at radius 3 is 3.10 bits per heavy atom. The van der Waals surface area contributed by atoms with E-state index in [0.29, 0.717) is 19.7 Å². The highest BCUT2D eigenvalue weighted by molar-refractivity contribution is 7.09. The molecule has 0 amide bonds. The summed E-state index contributed by atoms with van der Waals surface area (Å²) in [5.41, 5.74) is 1.67. The van der Waals surface area contributed by atoms with E-state index >= 15 is 0 Å². The summed E-state index contributed by atoms with van der Waals surface area (Å²) in [5, 5.41) is 9.05. The lowest BCUT2D eigenvalue weighted by Gasteiger charge is -2.31. The van der Waals surface area contributed by atoms with Gasteiger partial charge in [0.05, 0.1) is 22.9 Å². The van der Waals surface area contributed by atoms with Crippen molar-refractivity contribution in [3.05, 3.63) is 16.1 Å². The van der Waals surface area contributed by atoms with Gasteiger partial charge in [-0.1, -0.05) is 0 Å². The van der Waals surface area contributed by atoms with Gasteiger partial charge in [0, 0.05) is 13.1 Å². The average Bonchev–Trinajstić information content (AvgIpc) is 2.87. The molecule has 1 fully saturated rings. The maximum atomic E-state index is 11.8. The molecule has 1 aliphatic rings. The summed E-state index contributed by atoms with van der Waals surface area (Å²) < 4.78 is 5.06. The summed E-state index contributed by atoms with van der Waals surface area (Å²) in [7, 11) is 0.